The van der Waals surface area contributed by atoms with Gasteiger partial charge in [-0.1, -0.05) is 6.08 Å². The summed E-state index contributed by atoms with van der Waals surface area (Å²) in [5.74, 6) is -0.368. The van der Waals surface area contributed by atoms with Crippen molar-refractivity contribution < 1.29 is 13.0 Å². The standard InChI is InChI=1S/C3H6O3S.ClH.H3N/c1-2-3-7(4,5)6;;/h2H,1,3H2,(H,4,5,6);1H;1H3. The molecule has 0 saturated carbocycles. The van der Waals surface area contributed by atoms with Gasteiger partial charge in [-0.2, -0.15) is 8.42 Å². The summed E-state index contributed by atoms with van der Waals surface area (Å²) >= 11 is 0. The summed E-state index contributed by atoms with van der Waals surface area (Å²) in [7, 11) is -3.79. The van der Waals surface area contributed by atoms with E-state index in [4.69, 9.17) is 4.55 Å². The Morgan fingerprint density at radius 2 is 1.89 bits per heavy atom. The van der Waals surface area contributed by atoms with Crippen LogP contribution in [0.2, 0.25) is 0 Å². The van der Waals surface area contributed by atoms with Gasteiger partial charge in [0.2, 0.25) is 0 Å². The van der Waals surface area contributed by atoms with Crippen LogP contribution in [0.3, 0.4) is 0 Å². The fourth-order valence-electron chi connectivity index (χ4n) is 0.149. The van der Waals surface area contributed by atoms with Gasteiger partial charge in [-0.25, -0.2) is 0 Å². The molecule has 0 fully saturated rings. The minimum Gasteiger partial charge on any atom is -0.344 e. The highest BCUT2D eigenvalue weighted by molar-refractivity contribution is 7.85. The maximum atomic E-state index is 9.72. The van der Waals surface area contributed by atoms with E-state index < -0.39 is 10.1 Å². The molecule has 0 radical (unpaired) electrons. The second-order valence-corrected chi connectivity index (χ2v) is 2.53. The van der Waals surface area contributed by atoms with E-state index in [0.717, 1.165) is 6.08 Å². The summed E-state index contributed by atoms with van der Waals surface area (Å²) < 4.78 is 27.3. The highest BCUT2D eigenvalue weighted by Crippen LogP contribution is 1.78. The van der Waals surface area contributed by atoms with Crippen molar-refractivity contribution in [3.63, 3.8) is 0 Å². The molecule has 0 saturated heterocycles. The Bertz CT molecular complexity index is 152. The predicted octanol–water partition coefficient (Wildman–Crippen LogP) is 0.644. The molecule has 0 bridgehead atoms. The maximum Gasteiger partial charge on any atom is 0.268 e. The van der Waals surface area contributed by atoms with Gasteiger partial charge in [0.1, 0.15) is 0 Å². The fraction of sp³-hybridized carbons (Fsp3) is 0.333. The van der Waals surface area contributed by atoms with Crippen molar-refractivity contribution in [2.45, 2.75) is 0 Å². The molecule has 0 aromatic carbocycles. The van der Waals surface area contributed by atoms with E-state index in [2.05, 4.69) is 6.58 Å². The molecule has 0 atom stereocenters. The smallest absolute Gasteiger partial charge is 0.268 e. The summed E-state index contributed by atoms with van der Waals surface area (Å²) in [5.41, 5.74) is 0. The minimum absolute atomic E-state index is 0. The Morgan fingerprint density at radius 3 is 1.89 bits per heavy atom. The first-order valence-electron chi connectivity index (χ1n) is 1.62. The highest BCUT2D eigenvalue weighted by Gasteiger charge is 1.95. The highest BCUT2D eigenvalue weighted by atomic mass is 35.5. The largest absolute Gasteiger partial charge is 0.344 e. The number of rotatable bonds is 2. The van der Waals surface area contributed by atoms with Crippen molar-refractivity contribution in [3.8, 4) is 0 Å². The Kier molecular flexibility index (Phi) is 10.7. The molecule has 0 rings (SSSR count). The first-order valence-corrected chi connectivity index (χ1v) is 3.23. The maximum absolute atomic E-state index is 9.72. The van der Waals surface area contributed by atoms with E-state index in [0.29, 0.717) is 0 Å². The SMILES string of the molecule is C=CCS(=O)(=O)O.Cl.N. The average molecular weight is 176 g/mol. The van der Waals surface area contributed by atoms with Crippen molar-refractivity contribution in [2.75, 3.05) is 5.75 Å². The summed E-state index contributed by atoms with van der Waals surface area (Å²) in [5, 5.41) is 0. The van der Waals surface area contributed by atoms with Crippen molar-refractivity contribution in [1.82, 2.24) is 6.15 Å². The van der Waals surface area contributed by atoms with Gasteiger partial charge in [0.05, 0.1) is 5.75 Å². The van der Waals surface area contributed by atoms with Gasteiger partial charge < -0.3 is 6.15 Å². The van der Waals surface area contributed by atoms with Crippen LogP contribution in [-0.4, -0.2) is 18.7 Å². The van der Waals surface area contributed by atoms with Crippen molar-refractivity contribution >= 4 is 22.5 Å². The van der Waals surface area contributed by atoms with Crippen LogP contribution in [0.4, 0.5) is 0 Å². The molecule has 9 heavy (non-hydrogen) atoms. The van der Waals surface area contributed by atoms with E-state index in [-0.39, 0.29) is 24.3 Å². The lowest BCUT2D eigenvalue weighted by Crippen LogP contribution is -1.99. The molecule has 0 aromatic rings. The van der Waals surface area contributed by atoms with Crippen LogP contribution in [0, 0.1) is 0 Å². The third-order valence-corrected chi connectivity index (χ3v) is 0.985. The van der Waals surface area contributed by atoms with Crippen LogP contribution < -0.4 is 6.15 Å². The summed E-state index contributed by atoms with van der Waals surface area (Å²) in [4.78, 5) is 0. The molecule has 0 aliphatic rings. The van der Waals surface area contributed by atoms with Gasteiger partial charge in [0, 0.05) is 0 Å². The van der Waals surface area contributed by atoms with E-state index in [1.165, 1.54) is 0 Å². The Labute approximate surface area is 60.7 Å². The molecule has 0 aliphatic heterocycles. The second kappa shape index (κ2) is 6.03. The molecular weight excluding hydrogens is 166 g/mol. The second-order valence-electron chi connectivity index (χ2n) is 1.04. The van der Waals surface area contributed by atoms with E-state index in [9.17, 15) is 8.42 Å². The zero-order valence-electron chi connectivity index (χ0n) is 4.78. The number of hydrogen-bond donors (Lipinski definition) is 2. The Morgan fingerprint density at radius 1 is 1.56 bits per heavy atom. The first kappa shape index (κ1) is 16.0. The van der Waals surface area contributed by atoms with Crippen LogP contribution in [-0.2, 0) is 10.1 Å². The van der Waals surface area contributed by atoms with Crippen LogP contribution in [0.5, 0.6) is 0 Å². The molecule has 0 spiro atoms. The molecule has 0 aromatic heterocycles. The monoisotopic (exact) mass is 175 g/mol. The third kappa shape index (κ3) is 18.1. The van der Waals surface area contributed by atoms with Crippen LogP contribution in [0.25, 0.3) is 0 Å². The fourth-order valence-corrected chi connectivity index (χ4v) is 0.447. The Hall–Kier alpha value is -0.100. The lowest BCUT2D eigenvalue weighted by molar-refractivity contribution is 0.487. The topological polar surface area (TPSA) is 89.4 Å². The van der Waals surface area contributed by atoms with Crippen LogP contribution >= 0.6 is 12.4 Å². The zero-order chi connectivity index (χ0) is 5.91. The van der Waals surface area contributed by atoms with E-state index in [1.54, 1.807) is 0 Å². The molecule has 0 aliphatic carbocycles. The molecule has 58 valence electrons. The molecular formula is C3H10ClNO3S. The van der Waals surface area contributed by atoms with E-state index >= 15 is 0 Å². The summed E-state index contributed by atoms with van der Waals surface area (Å²) in [6.07, 6.45) is 1.12. The first-order chi connectivity index (χ1) is 3.06. The van der Waals surface area contributed by atoms with Gasteiger partial charge in [-0.05, 0) is 0 Å². The predicted molar refractivity (Wildman–Crippen MR) is 38.9 cm³/mol. The summed E-state index contributed by atoms with van der Waals surface area (Å²) in [6, 6.07) is 0. The lowest BCUT2D eigenvalue weighted by atomic mass is 10.8. The van der Waals surface area contributed by atoms with E-state index in [1.807, 2.05) is 0 Å². The van der Waals surface area contributed by atoms with Crippen molar-refractivity contribution in [2.24, 2.45) is 0 Å². The Balaban J connectivity index is -0.000000180. The minimum atomic E-state index is -3.79. The van der Waals surface area contributed by atoms with Gasteiger partial charge >= 0.3 is 0 Å². The van der Waals surface area contributed by atoms with Crippen molar-refractivity contribution in [1.29, 1.82) is 0 Å². The molecule has 0 amide bonds. The third-order valence-electron chi connectivity index (χ3n) is 0.328. The van der Waals surface area contributed by atoms with Crippen LogP contribution in [0.1, 0.15) is 0 Å². The molecule has 6 heteroatoms. The molecule has 0 heterocycles. The number of hydrogen-bond acceptors (Lipinski definition) is 3. The average Bonchev–Trinajstić information content (AvgIpc) is 1.30. The van der Waals surface area contributed by atoms with Gasteiger partial charge in [0.25, 0.3) is 10.1 Å². The van der Waals surface area contributed by atoms with Crippen molar-refractivity contribution in [3.05, 3.63) is 12.7 Å². The molecule has 0 unspecified atom stereocenters. The van der Waals surface area contributed by atoms with Gasteiger partial charge in [0.15, 0.2) is 0 Å². The molecule has 4 nitrogen and oxygen atoms in total. The normalized spacial score (nSPS) is 8.56. The van der Waals surface area contributed by atoms with Gasteiger partial charge in [-0.15, -0.1) is 19.0 Å². The van der Waals surface area contributed by atoms with Gasteiger partial charge in [-0.3, -0.25) is 4.55 Å². The zero-order valence-corrected chi connectivity index (χ0v) is 6.41. The number of halogens is 1. The quantitative estimate of drug-likeness (QED) is 0.476. The summed E-state index contributed by atoms with van der Waals surface area (Å²) in [6.45, 7) is 3.11. The van der Waals surface area contributed by atoms with Crippen LogP contribution in [0.15, 0.2) is 12.7 Å². The lowest BCUT2D eigenvalue weighted by Gasteiger charge is -1.82. The molecule has 4 N–H and O–H groups in total.